The highest BCUT2D eigenvalue weighted by molar-refractivity contribution is 6.42. The highest BCUT2D eigenvalue weighted by atomic mass is 35.5. The number of carbonyl (C=O) groups excluding carboxylic acids is 2. The second-order valence-electron chi connectivity index (χ2n) is 7.67. The van der Waals surface area contributed by atoms with Crippen molar-refractivity contribution in [3.05, 3.63) is 74.9 Å². The van der Waals surface area contributed by atoms with Crippen LogP contribution in [0.1, 0.15) is 37.9 Å². The molecule has 0 aromatic heterocycles. The largest absolute Gasteiger partial charge is 0.489 e. The van der Waals surface area contributed by atoms with Crippen molar-refractivity contribution in [2.75, 3.05) is 6.61 Å². The predicted molar refractivity (Wildman–Crippen MR) is 120 cm³/mol. The van der Waals surface area contributed by atoms with Crippen LogP contribution in [-0.2, 0) is 16.1 Å². The fourth-order valence-corrected chi connectivity index (χ4v) is 3.41. The molecule has 1 unspecified atom stereocenters. The Morgan fingerprint density at radius 2 is 1.81 bits per heavy atom. The normalized spacial score (nSPS) is 16.1. The number of nitrogens with one attached hydrogen (secondary N) is 2. The molecule has 3 rings (SSSR count). The summed E-state index contributed by atoms with van der Waals surface area (Å²) in [5.74, 6) is 0.393. The van der Waals surface area contributed by atoms with E-state index in [0.29, 0.717) is 40.3 Å². The second-order valence-corrected chi connectivity index (χ2v) is 8.48. The summed E-state index contributed by atoms with van der Waals surface area (Å²) in [5, 5.41) is 6.40. The maximum atomic E-state index is 12.7. The van der Waals surface area contributed by atoms with E-state index < -0.39 is 12.0 Å². The van der Waals surface area contributed by atoms with Gasteiger partial charge in [-0.1, -0.05) is 55.2 Å². The van der Waals surface area contributed by atoms with E-state index in [-0.39, 0.29) is 11.9 Å². The Labute approximate surface area is 191 Å². The Morgan fingerprint density at radius 3 is 2.45 bits per heavy atom. The Kier molecular flexibility index (Phi) is 7.46. The van der Waals surface area contributed by atoms with Crippen LogP contribution in [0.4, 0.5) is 4.79 Å². The molecule has 164 valence electrons. The lowest BCUT2D eigenvalue weighted by Crippen LogP contribution is -2.45. The van der Waals surface area contributed by atoms with E-state index in [4.69, 9.17) is 32.7 Å². The summed E-state index contributed by atoms with van der Waals surface area (Å²) in [7, 11) is 0. The molecule has 1 aliphatic heterocycles. The molecule has 2 aromatic rings. The highest BCUT2D eigenvalue weighted by Gasteiger charge is 2.32. The number of esters is 1. The summed E-state index contributed by atoms with van der Waals surface area (Å²) >= 11 is 12.0. The molecule has 6 nitrogen and oxygen atoms in total. The van der Waals surface area contributed by atoms with E-state index in [9.17, 15) is 9.59 Å². The first-order chi connectivity index (χ1) is 14.7. The standard InChI is InChI=1S/C23H24Cl2N2O4/c1-13(2)11-31-22(28)20-14(3)26-23(29)27-21(20)16-5-7-17(8-6-16)30-12-15-4-9-18(24)19(25)10-15/h4-10,13,21H,11-12H2,1-3H3,(H2,26,27,29). The Balaban J connectivity index is 1.74. The first-order valence-electron chi connectivity index (χ1n) is 9.86. The van der Waals surface area contributed by atoms with Gasteiger partial charge in [-0.3, -0.25) is 0 Å². The van der Waals surface area contributed by atoms with E-state index >= 15 is 0 Å². The lowest BCUT2D eigenvalue weighted by Gasteiger charge is -2.28. The van der Waals surface area contributed by atoms with Gasteiger partial charge in [0.1, 0.15) is 12.4 Å². The summed E-state index contributed by atoms with van der Waals surface area (Å²) in [6, 6.07) is 11.5. The van der Waals surface area contributed by atoms with Crippen molar-refractivity contribution in [1.29, 1.82) is 0 Å². The molecule has 0 radical (unpaired) electrons. The van der Waals surface area contributed by atoms with Crippen molar-refractivity contribution in [3.8, 4) is 5.75 Å². The van der Waals surface area contributed by atoms with Crippen LogP contribution in [0.5, 0.6) is 5.75 Å². The zero-order valence-corrected chi connectivity index (χ0v) is 19.0. The first-order valence-corrected chi connectivity index (χ1v) is 10.6. The first kappa shape index (κ1) is 23.0. The van der Waals surface area contributed by atoms with E-state index in [2.05, 4.69) is 10.6 Å². The predicted octanol–water partition coefficient (Wildman–Crippen LogP) is 5.40. The molecule has 1 heterocycles. The van der Waals surface area contributed by atoms with Gasteiger partial charge in [0.2, 0.25) is 0 Å². The minimum atomic E-state index is -0.613. The van der Waals surface area contributed by atoms with Crippen LogP contribution in [-0.4, -0.2) is 18.6 Å². The van der Waals surface area contributed by atoms with Gasteiger partial charge in [0.05, 0.1) is 28.3 Å². The lowest BCUT2D eigenvalue weighted by atomic mass is 9.95. The summed E-state index contributed by atoms with van der Waals surface area (Å²) in [4.78, 5) is 24.7. The highest BCUT2D eigenvalue weighted by Crippen LogP contribution is 2.29. The van der Waals surface area contributed by atoms with Crippen LogP contribution in [0.25, 0.3) is 0 Å². The van der Waals surface area contributed by atoms with Crippen molar-refractivity contribution < 1.29 is 19.1 Å². The van der Waals surface area contributed by atoms with Crippen LogP contribution < -0.4 is 15.4 Å². The van der Waals surface area contributed by atoms with E-state index in [1.165, 1.54) is 0 Å². The number of allylic oxidation sites excluding steroid dienone is 1. The average molecular weight is 463 g/mol. The topological polar surface area (TPSA) is 76.7 Å². The molecule has 0 saturated carbocycles. The van der Waals surface area contributed by atoms with E-state index in [1.807, 2.05) is 32.0 Å². The smallest absolute Gasteiger partial charge is 0.338 e. The number of hydrogen-bond donors (Lipinski definition) is 2. The number of hydrogen-bond acceptors (Lipinski definition) is 4. The molecule has 0 bridgehead atoms. The monoisotopic (exact) mass is 462 g/mol. The molecule has 1 aliphatic rings. The average Bonchev–Trinajstić information content (AvgIpc) is 2.72. The van der Waals surface area contributed by atoms with Gasteiger partial charge in [-0.2, -0.15) is 0 Å². The molecule has 0 spiro atoms. The van der Waals surface area contributed by atoms with Gasteiger partial charge in [0, 0.05) is 5.70 Å². The molecule has 0 fully saturated rings. The van der Waals surface area contributed by atoms with Crippen molar-refractivity contribution in [3.63, 3.8) is 0 Å². The maximum Gasteiger partial charge on any atom is 0.338 e. The lowest BCUT2D eigenvalue weighted by molar-refractivity contribution is -0.140. The molecule has 0 saturated heterocycles. The molecule has 1 atom stereocenters. The second kappa shape index (κ2) is 10.1. The molecular formula is C23H24Cl2N2O4. The van der Waals surface area contributed by atoms with Crippen LogP contribution in [0, 0.1) is 5.92 Å². The number of rotatable bonds is 7. The Morgan fingerprint density at radius 1 is 1.10 bits per heavy atom. The minimum absolute atomic E-state index is 0.210. The van der Waals surface area contributed by atoms with E-state index in [0.717, 1.165) is 11.1 Å². The van der Waals surface area contributed by atoms with Gasteiger partial charge in [0.25, 0.3) is 0 Å². The number of urea groups is 1. The SMILES string of the molecule is CC1=C(C(=O)OCC(C)C)C(c2ccc(OCc3ccc(Cl)c(Cl)c3)cc2)NC(=O)N1. The van der Waals surface area contributed by atoms with Gasteiger partial charge in [-0.15, -0.1) is 0 Å². The van der Waals surface area contributed by atoms with Gasteiger partial charge < -0.3 is 20.1 Å². The third-order valence-corrected chi connectivity index (χ3v) is 5.38. The molecule has 8 heteroatoms. The van der Waals surface area contributed by atoms with Gasteiger partial charge in [0.15, 0.2) is 0 Å². The summed E-state index contributed by atoms with van der Waals surface area (Å²) in [6.45, 7) is 6.24. The Hall–Kier alpha value is -2.70. The number of carbonyl (C=O) groups is 2. The van der Waals surface area contributed by atoms with Crippen LogP contribution >= 0.6 is 23.2 Å². The summed E-state index contributed by atoms with van der Waals surface area (Å²) in [5.41, 5.74) is 2.48. The maximum absolute atomic E-state index is 12.7. The fourth-order valence-electron chi connectivity index (χ4n) is 3.09. The van der Waals surface area contributed by atoms with Gasteiger partial charge in [-0.25, -0.2) is 9.59 Å². The zero-order chi connectivity index (χ0) is 22.5. The zero-order valence-electron chi connectivity index (χ0n) is 17.5. The number of amides is 2. The molecular weight excluding hydrogens is 439 g/mol. The van der Waals surface area contributed by atoms with Gasteiger partial charge >= 0.3 is 12.0 Å². The summed E-state index contributed by atoms with van der Waals surface area (Å²) < 4.78 is 11.2. The van der Waals surface area contributed by atoms with Crippen molar-refractivity contribution >= 4 is 35.2 Å². The number of ether oxygens (including phenoxy) is 2. The molecule has 2 amide bonds. The van der Waals surface area contributed by atoms with Crippen molar-refractivity contribution in [2.24, 2.45) is 5.92 Å². The van der Waals surface area contributed by atoms with Crippen LogP contribution in [0.3, 0.4) is 0 Å². The molecule has 31 heavy (non-hydrogen) atoms. The third kappa shape index (κ3) is 5.93. The summed E-state index contributed by atoms with van der Waals surface area (Å²) in [6.07, 6.45) is 0. The molecule has 0 aliphatic carbocycles. The van der Waals surface area contributed by atoms with Crippen LogP contribution in [0.15, 0.2) is 53.7 Å². The molecule has 2 aromatic carbocycles. The number of halogens is 2. The quantitative estimate of drug-likeness (QED) is 0.540. The molecule has 2 N–H and O–H groups in total. The van der Waals surface area contributed by atoms with Crippen molar-refractivity contribution in [1.82, 2.24) is 10.6 Å². The van der Waals surface area contributed by atoms with Gasteiger partial charge in [-0.05, 0) is 48.2 Å². The van der Waals surface area contributed by atoms with Crippen molar-refractivity contribution in [2.45, 2.75) is 33.4 Å². The number of benzene rings is 2. The van der Waals surface area contributed by atoms with E-state index in [1.54, 1.807) is 31.2 Å². The fraction of sp³-hybridized carbons (Fsp3) is 0.304. The Bertz CT molecular complexity index is 1000. The minimum Gasteiger partial charge on any atom is -0.489 e. The third-order valence-electron chi connectivity index (χ3n) is 4.64. The van der Waals surface area contributed by atoms with Crippen LogP contribution in [0.2, 0.25) is 10.0 Å².